The third-order valence-corrected chi connectivity index (χ3v) is 4.39. The minimum Gasteiger partial charge on any atom is -0.371 e. The fraction of sp³-hybridized carbons (Fsp3) is 0.350. The van der Waals surface area contributed by atoms with Crippen LogP contribution in [0.4, 0.5) is 5.69 Å². The number of nitriles is 1. The van der Waals surface area contributed by atoms with Crippen molar-refractivity contribution < 1.29 is 0 Å². The van der Waals surface area contributed by atoms with Crippen molar-refractivity contribution in [1.29, 1.82) is 5.26 Å². The molecular formula is C20H23N3. The molecule has 0 saturated carbocycles. The van der Waals surface area contributed by atoms with Crippen molar-refractivity contribution in [3.63, 3.8) is 0 Å². The van der Waals surface area contributed by atoms with Gasteiger partial charge in [0.1, 0.15) is 0 Å². The molecule has 0 aromatic heterocycles. The van der Waals surface area contributed by atoms with Crippen LogP contribution in [0.5, 0.6) is 0 Å². The van der Waals surface area contributed by atoms with Gasteiger partial charge in [0, 0.05) is 31.9 Å². The topological polar surface area (TPSA) is 39.1 Å². The standard InChI is InChI=1S/C20H23N3/c21-14-17-7-6-8-18(13-17)15-22-16-19-9-2-3-10-20(19)23-11-4-1-5-12-23/h2-3,6-10,13,22H,1,4-5,11-12,15-16H2. The molecule has 3 heteroatoms. The van der Waals surface area contributed by atoms with E-state index < -0.39 is 0 Å². The van der Waals surface area contributed by atoms with Gasteiger partial charge in [-0.1, -0.05) is 30.3 Å². The average Bonchev–Trinajstić information content (AvgIpc) is 2.63. The molecular weight excluding hydrogens is 282 g/mol. The molecule has 1 aliphatic heterocycles. The lowest BCUT2D eigenvalue weighted by Crippen LogP contribution is -2.30. The molecule has 3 nitrogen and oxygen atoms in total. The molecule has 0 bridgehead atoms. The van der Waals surface area contributed by atoms with Gasteiger partial charge >= 0.3 is 0 Å². The highest BCUT2D eigenvalue weighted by Gasteiger charge is 2.13. The number of nitrogens with one attached hydrogen (secondary N) is 1. The fourth-order valence-electron chi connectivity index (χ4n) is 3.20. The van der Waals surface area contributed by atoms with E-state index in [1.165, 1.54) is 43.6 Å². The summed E-state index contributed by atoms with van der Waals surface area (Å²) in [7, 11) is 0. The second-order valence-electron chi connectivity index (χ2n) is 6.09. The highest BCUT2D eigenvalue weighted by molar-refractivity contribution is 5.53. The zero-order valence-electron chi connectivity index (χ0n) is 13.5. The van der Waals surface area contributed by atoms with Gasteiger partial charge in [0.2, 0.25) is 0 Å². The van der Waals surface area contributed by atoms with Gasteiger partial charge in [-0.05, 0) is 48.6 Å². The van der Waals surface area contributed by atoms with Gasteiger partial charge in [-0.2, -0.15) is 5.26 Å². The second kappa shape index (κ2) is 7.80. The summed E-state index contributed by atoms with van der Waals surface area (Å²) in [6.07, 6.45) is 3.94. The van der Waals surface area contributed by atoms with Crippen LogP contribution in [0.25, 0.3) is 0 Å². The maximum atomic E-state index is 8.97. The minimum absolute atomic E-state index is 0.720. The van der Waals surface area contributed by atoms with E-state index in [2.05, 4.69) is 46.6 Å². The lowest BCUT2D eigenvalue weighted by molar-refractivity contribution is 0.574. The van der Waals surface area contributed by atoms with Gasteiger partial charge in [-0.25, -0.2) is 0 Å². The van der Waals surface area contributed by atoms with Crippen molar-refractivity contribution in [3.8, 4) is 6.07 Å². The first kappa shape index (κ1) is 15.6. The molecule has 1 fully saturated rings. The first-order chi connectivity index (χ1) is 11.4. The molecule has 23 heavy (non-hydrogen) atoms. The molecule has 0 amide bonds. The van der Waals surface area contributed by atoms with Gasteiger partial charge in [0.15, 0.2) is 0 Å². The summed E-state index contributed by atoms with van der Waals surface area (Å²) in [5.41, 5.74) is 4.59. The first-order valence-corrected chi connectivity index (χ1v) is 8.39. The van der Waals surface area contributed by atoms with Crippen LogP contribution in [-0.4, -0.2) is 13.1 Å². The quantitative estimate of drug-likeness (QED) is 0.912. The smallest absolute Gasteiger partial charge is 0.0991 e. The van der Waals surface area contributed by atoms with Gasteiger partial charge in [0.05, 0.1) is 11.6 Å². The van der Waals surface area contributed by atoms with Crippen LogP contribution in [0, 0.1) is 11.3 Å². The summed E-state index contributed by atoms with van der Waals surface area (Å²) in [5.74, 6) is 0. The van der Waals surface area contributed by atoms with E-state index >= 15 is 0 Å². The molecule has 1 aliphatic rings. The number of piperidine rings is 1. The van der Waals surface area contributed by atoms with Gasteiger partial charge in [-0.3, -0.25) is 0 Å². The third kappa shape index (κ3) is 4.12. The van der Waals surface area contributed by atoms with Crippen molar-refractivity contribution >= 4 is 5.69 Å². The van der Waals surface area contributed by atoms with Crippen molar-refractivity contribution in [2.45, 2.75) is 32.4 Å². The normalized spacial score (nSPS) is 14.5. The molecule has 0 spiro atoms. The molecule has 2 aromatic rings. The number of hydrogen-bond acceptors (Lipinski definition) is 3. The predicted octanol–water partition coefficient (Wildman–Crippen LogP) is 3.84. The lowest BCUT2D eigenvalue weighted by Gasteiger charge is -2.30. The molecule has 0 aliphatic carbocycles. The average molecular weight is 305 g/mol. The van der Waals surface area contributed by atoms with Crippen LogP contribution in [0.15, 0.2) is 48.5 Å². The Bertz CT molecular complexity index is 681. The Hall–Kier alpha value is -2.31. The van der Waals surface area contributed by atoms with Gasteiger partial charge in [-0.15, -0.1) is 0 Å². The van der Waals surface area contributed by atoms with E-state index in [0.29, 0.717) is 0 Å². The molecule has 1 saturated heterocycles. The Kier molecular flexibility index (Phi) is 5.29. The minimum atomic E-state index is 0.720. The second-order valence-corrected chi connectivity index (χ2v) is 6.09. The molecule has 1 heterocycles. The Morgan fingerprint density at radius 1 is 0.957 bits per heavy atom. The van der Waals surface area contributed by atoms with Crippen LogP contribution in [0.2, 0.25) is 0 Å². The van der Waals surface area contributed by atoms with Crippen LogP contribution >= 0.6 is 0 Å². The maximum absolute atomic E-state index is 8.97. The van der Waals surface area contributed by atoms with Crippen LogP contribution < -0.4 is 10.2 Å². The molecule has 0 atom stereocenters. The first-order valence-electron chi connectivity index (χ1n) is 8.39. The highest BCUT2D eigenvalue weighted by atomic mass is 15.1. The molecule has 0 radical (unpaired) electrons. The number of anilines is 1. The van der Waals surface area contributed by atoms with Gasteiger partial charge in [0.25, 0.3) is 0 Å². The Morgan fingerprint density at radius 3 is 2.61 bits per heavy atom. The lowest BCUT2D eigenvalue weighted by atomic mass is 10.1. The number of benzene rings is 2. The molecule has 118 valence electrons. The number of nitrogens with zero attached hydrogens (tertiary/aromatic N) is 2. The van der Waals surface area contributed by atoms with E-state index in [0.717, 1.165) is 24.2 Å². The number of para-hydroxylation sites is 1. The van der Waals surface area contributed by atoms with E-state index in [4.69, 9.17) is 5.26 Å². The van der Waals surface area contributed by atoms with E-state index in [1.54, 1.807) is 0 Å². The summed E-state index contributed by atoms with van der Waals surface area (Å²) >= 11 is 0. The van der Waals surface area contributed by atoms with Crippen molar-refractivity contribution in [3.05, 3.63) is 65.2 Å². The summed E-state index contributed by atoms with van der Waals surface area (Å²) in [6.45, 7) is 3.97. The summed E-state index contributed by atoms with van der Waals surface area (Å²) in [4.78, 5) is 2.51. The maximum Gasteiger partial charge on any atom is 0.0991 e. The zero-order valence-corrected chi connectivity index (χ0v) is 13.5. The summed E-state index contributed by atoms with van der Waals surface area (Å²) in [5, 5.41) is 12.5. The van der Waals surface area contributed by atoms with Gasteiger partial charge < -0.3 is 10.2 Å². The van der Waals surface area contributed by atoms with E-state index in [9.17, 15) is 0 Å². The number of hydrogen-bond donors (Lipinski definition) is 1. The monoisotopic (exact) mass is 305 g/mol. The van der Waals surface area contributed by atoms with Crippen molar-refractivity contribution in [2.24, 2.45) is 0 Å². The molecule has 1 N–H and O–H groups in total. The summed E-state index contributed by atoms with van der Waals surface area (Å²) in [6, 6.07) is 18.7. The van der Waals surface area contributed by atoms with Crippen molar-refractivity contribution in [2.75, 3.05) is 18.0 Å². The van der Waals surface area contributed by atoms with Crippen LogP contribution in [0.1, 0.15) is 36.0 Å². The largest absolute Gasteiger partial charge is 0.371 e. The highest BCUT2D eigenvalue weighted by Crippen LogP contribution is 2.24. The molecule has 0 unspecified atom stereocenters. The Labute approximate surface area is 138 Å². The van der Waals surface area contributed by atoms with Crippen LogP contribution in [-0.2, 0) is 13.1 Å². The van der Waals surface area contributed by atoms with E-state index in [1.807, 2.05) is 18.2 Å². The van der Waals surface area contributed by atoms with Crippen LogP contribution in [0.3, 0.4) is 0 Å². The molecule has 2 aromatic carbocycles. The zero-order chi connectivity index (χ0) is 15.9. The van der Waals surface area contributed by atoms with Crippen molar-refractivity contribution in [1.82, 2.24) is 5.32 Å². The third-order valence-electron chi connectivity index (χ3n) is 4.39. The van der Waals surface area contributed by atoms with E-state index in [-0.39, 0.29) is 0 Å². The SMILES string of the molecule is N#Cc1cccc(CNCc2ccccc2N2CCCCC2)c1. The molecule has 3 rings (SSSR count). The fourth-order valence-corrected chi connectivity index (χ4v) is 3.20. The Morgan fingerprint density at radius 2 is 1.78 bits per heavy atom. The summed E-state index contributed by atoms with van der Waals surface area (Å²) < 4.78 is 0. The predicted molar refractivity (Wildman–Crippen MR) is 94.2 cm³/mol. The number of rotatable bonds is 5. The Balaban J connectivity index is 1.63.